The Bertz CT molecular complexity index is 247. The molecule has 17 heavy (non-hydrogen) atoms. The second kappa shape index (κ2) is 7.13. The Morgan fingerprint density at radius 2 is 2.29 bits per heavy atom. The van der Waals surface area contributed by atoms with Gasteiger partial charge in [-0.3, -0.25) is 0 Å². The number of ether oxygens (including phenoxy) is 2. The van der Waals surface area contributed by atoms with Crippen LogP contribution in [0.15, 0.2) is 0 Å². The number of thiocarbonyl (C=S) groups is 1. The fourth-order valence-corrected chi connectivity index (χ4v) is 2.28. The van der Waals surface area contributed by atoms with E-state index in [1.54, 1.807) is 7.11 Å². The van der Waals surface area contributed by atoms with Crippen molar-refractivity contribution in [1.82, 2.24) is 10.6 Å². The van der Waals surface area contributed by atoms with Crippen molar-refractivity contribution in [2.75, 3.05) is 26.9 Å². The SMILES string of the molecule is COCCCNC(=S)NC1CCOC(C)(C)C1. The van der Waals surface area contributed by atoms with E-state index in [1.165, 1.54) is 0 Å². The van der Waals surface area contributed by atoms with Crippen molar-refractivity contribution < 1.29 is 9.47 Å². The van der Waals surface area contributed by atoms with Crippen LogP contribution in [0.3, 0.4) is 0 Å². The standard InChI is InChI=1S/C12H24N2O2S/c1-12(2)9-10(5-8-16-12)14-11(17)13-6-4-7-15-3/h10H,4-9H2,1-3H3,(H2,13,14,17). The highest BCUT2D eigenvalue weighted by Gasteiger charge is 2.28. The van der Waals surface area contributed by atoms with Gasteiger partial charge in [-0.05, 0) is 45.3 Å². The summed E-state index contributed by atoms with van der Waals surface area (Å²) in [5.41, 5.74) is -0.0401. The minimum absolute atomic E-state index is 0.0401. The molecule has 0 spiro atoms. The molecule has 1 saturated heterocycles. The molecule has 4 nitrogen and oxygen atoms in total. The summed E-state index contributed by atoms with van der Waals surface area (Å²) in [6, 6.07) is 0.418. The molecule has 0 aliphatic carbocycles. The van der Waals surface area contributed by atoms with E-state index in [0.29, 0.717) is 6.04 Å². The van der Waals surface area contributed by atoms with Crippen molar-refractivity contribution in [2.24, 2.45) is 0 Å². The van der Waals surface area contributed by atoms with Gasteiger partial charge in [-0.2, -0.15) is 0 Å². The van der Waals surface area contributed by atoms with Gasteiger partial charge in [-0.15, -0.1) is 0 Å². The Kier molecular flexibility index (Phi) is 6.16. The van der Waals surface area contributed by atoms with Crippen LogP contribution in [0.25, 0.3) is 0 Å². The van der Waals surface area contributed by atoms with Gasteiger partial charge in [0.25, 0.3) is 0 Å². The topological polar surface area (TPSA) is 42.5 Å². The molecule has 0 radical (unpaired) electrons. The summed E-state index contributed by atoms with van der Waals surface area (Å²) in [6.07, 6.45) is 2.98. The lowest BCUT2D eigenvalue weighted by atomic mass is 9.94. The fourth-order valence-electron chi connectivity index (χ4n) is 2.01. The summed E-state index contributed by atoms with van der Waals surface area (Å²) in [6.45, 7) is 6.66. The van der Waals surface area contributed by atoms with Crippen LogP contribution < -0.4 is 10.6 Å². The molecule has 1 fully saturated rings. The summed E-state index contributed by atoms with van der Waals surface area (Å²) in [4.78, 5) is 0. The molecule has 1 aliphatic heterocycles. The zero-order valence-electron chi connectivity index (χ0n) is 11.0. The third-order valence-corrected chi connectivity index (χ3v) is 3.11. The summed E-state index contributed by atoms with van der Waals surface area (Å²) in [5, 5.41) is 7.28. The molecule has 5 heteroatoms. The average molecular weight is 260 g/mol. The molecule has 0 aromatic heterocycles. The summed E-state index contributed by atoms with van der Waals surface area (Å²) in [7, 11) is 1.71. The van der Waals surface area contributed by atoms with E-state index in [-0.39, 0.29) is 5.60 Å². The zero-order valence-corrected chi connectivity index (χ0v) is 11.9. The molecule has 1 atom stereocenters. The monoisotopic (exact) mass is 260 g/mol. The van der Waals surface area contributed by atoms with Gasteiger partial charge in [0, 0.05) is 32.9 Å². The Morgan fingerprint density at radius 3 is 2.94 bits per heavy atom. The summed E-state index contributed by atoms with van der Waals surface area (Å²) >= 11 is 5.26. The predicted octanol–water partition coefficient (Wildman–Crippen LogP) is 1.44. The first-order valence-corrected chi connectivity index (χ1v) is 6.61. The highest BCUT2D eigenvalue weighted by molar-refractivity contribution is 7.80. The molecule has 1 unspecified atom stereocenters. The van der Waals surface area contributed by atoms with Gasteiger partial charge < -0.3 is 20.1 Å². The molecule has 1 heterocycles. The first-order chi connectivity index (χ1) is 8.03. The van der Waals surface area contributed by atoms with Crippen LogP contribution in [0.2, 0.25) is 0 Å². The lowest BCUT2D eigenvalue weighted by Crippen LogP contribution is -2.48. The van der Waals surface area contributed by atoms with Crippen LogP contribution in [0.4, 0.5) is 0 Å². The van der Waals surface area contributed by atoms with Crippen molar-refractivity contribution in [3.05, 3.63) is 0 Å². The maximum Gasteiger partial charge on any atom is 0.166 e. The van der Waals surface area contributed by atoms with Crippen LogP contribution >= 0.6 is 12.2 Å². The lowest BCUT2D eigenvalue weighted by Gasteiger charge is -2.36. The van der Waals surface area contributed by atoms with E-state index in [4.69, 9.17) is 21.7 Å². The second-order valence-electron chi connectivity index (χ2n) is 5.04. The van der Waals surface area contributed by atoms with Crippen molar-refractivity contribution >= 4 is 17.3 Å². The molecular weight excluding hydrogens is 236 g/mol. The number of hydrogen-bond donors (Lipinski definition) is 2. The molecule has 2 N–H and O–H groups in total. The van der Waals surface area contributed by atoms with Crippen molar-refractivity contribution in [1.29, 1.82) is 0 Å². The third-order valence-electron chi connectivity index (χ3n) is 2.84. The van der Waals surface area contributed by atoms with E-state index >= 15 is 0 Å². The maximum atomic E-state index is 5.67. The van der Waals surface area contributed by atoms with E-state index < -0.39 is 0 Å². The number of rotatable bonds is 5. The van der Waals surface area contributed by atoms with E-state index in [0.717, 1.165) is 44.1 Å². The highest BCUT2D eigenvalue weighted by Crippen LogP contribution is 2.23. The van der Waals surface area contributed by atoms with E-state index in [9.17, 15) is 0 Å². The average Bonchev–Trinajstić information content (AvgIpc) is 2.23. The molecule has 1 rings (SSSR count). The molecule has 100 valence electrons. The van der Waals surface area contributed by atoms with Crippen molar-refractivity contribution in [2.45, 2.75) is 44.8 Å². The first-order valence-electron chi connectivity index (χ1n) is 6.21. The Hall–Kier alpha value is -0.390. The first kappa shape index (κ1) is 14.7. The van der Waals surface area contributed by atoms with Gasteiger partial charge >= 0.3 is 0 Å². The van der Waals surface area contributed by atoms with Gasteiger partial charge in [0.05, 0.1) is 5.60 Å². The summed E-state index contributed by atoms with van der Waals surface area (Å²) in [5.74, 6) is 0. The van der Waals surface area contributed by atoms with E-state index in [1.807, 2.05) is 0 Å². The molecule has 0 bridgehead atoms. The van der Waals surface area contributed by atoms with Gasteiger partial charge in [-0.25, -0.2) is 0 Å². The lowest BCUT2D eigenvalue weighted by molar-refractivity contribution is -0.0604. The molecule has 0 aromatic rings. The predicted molar refractivity (Wildman–Crippen MR) is 73.3 cm³/mol. The Morgan fingerprint density at radius 1 is 1.53 bits per heavy atom. The third kappa shape index (κ3) is 6.19. The van der Waals surface area contributed by atoms with Gasteiger partial charge in [0.15, 0.2) is 5.11 Å². The Labute approximate surface area is 109 Å². The molecule has 0 aromatic carbocycles. The van der Waals surface area contributed by atoms with E-state index in [2.05, 4.69) is 24.5 Å². The van der Waals surface area contributed by atoms with Gasteiger partial charge in [0.2, 0.25) is 0 Å². The maximum absolute atomic E-state index is 5.67. The zero-order chi connectivity index (χ0) is 12.7. The van der Waals surface area contributed by atoms with Crippen LogP contribution in [0.1, 0.15) is 33.1 Å². The second-order valence-corrected chi connectivity index (χ2v) is 5.45. The van der Waals surface area contributed by atoms with Gasteiger partial charge in [-0.1, -0.05) is 0 Å². The van der Waals surface area contributed by atoms with Crippen molar-refractivity contribution in [3.63, 3.8) is 0 Å². The highest BCUT2D eigenvalue weighted by atomic mass is 32.1. The molecule has 0 amide bonds. The van der Waals surface area contributed by atoms with Crippen molar-refractivity contribution in [3.8, 4) is 0 Å². The van der Waals surface area contributed by atoms with Crippen LogP contribution in [0.5, 0.6) is 0 Å². The molecule has 1 aliphatic rings. The fraction of sp³-hybridized carbons (Fsp3) is 0.917. The minimum atomic E-state index is -0.0401. The largest absolute Gasteiger partial charge is 0.385 e. The number of methoxy groups -OCH3 is 1. The van der Waals surface area contributed by atoms with Crippen LogP contribution in [-0.2, 0) is 9.47 Å². The van der Waals surface area contributed by atoms with Gasteiger partial charge in [0.1, 0.15) is 0 Å². The smallest absolute Gasteiger partial charge is 0.166 e. The molecular formula is C12H24N2O2S. The number of hydrogen-bond acceptors (Lipinski definition) is 3. The van der Waals surface area contributed by atoms with Crippen LogP contribution in [-0.4, -0.2) is 43.6 Å². The number of nitrogens with one attached hydrogen (secondary N) is 2. The normalized spacial score (nSPS) is 23.1. The Balaban J connectivity index is 2.17. The summed E-state index contributed by atoms with van der Waals surface area (Å²) < 4.78 is 10.7. The van der Waals surface area contributed by atoms with Crippen LogP contribution in [0, 0.1) is 0 Å². The minimum Gasteiger partial charge on any atom is -0.385 e. The quantitative estimate of drug-likeness (QED) is 0.578. The molecule has 0 saturated carbocycles.